The maximum atomic E-state index is 13.5. The van der Waals surface area contributed by atoms with Crippen LogP contribution in [0.25, 0.3) is 22.0 Å². The summed E-state index contributed by atoms with van der Waals surface area (Å²) < 4.78 is 6.97. The number of nitrogens with zero attached hydrogens (tertiary/aromatic N) is 4. The molecule has 0 unspecified atom stereocenters. The van der Waals surface area contributed by atoms with Gasteiger partial charge in [-0.25, -0.2) is 0 Å². The smallest absolute Gasteiger partial charge is 0.256 e. The number of amides is 2. The minimum absolute atomic E-state index is 0.123. The van der Waals surface area contributed by atoms with E-state index in [-0.39, 0.29) is 30.5 Å². The van der Waals surface area contributed by atoms with E-state index in [0.29, 0.717) is 33.6 Å². The molecule has 1 aliphatic rings. The number of fused-ring (bicyclic) bond motifs is 2. The highest BCUT2D eigenvalue weighted by Crippen LogP contribution is 2.38. The summed E-state index contributed by atoms with van der Waals surface area (Å²) in [6.45, 7) is 4.11. The number of nitriles is 1. The van der Waals surface area contributed by atoms with E-state index >= 15 is 0 Å². The fourth-order valence-corrected chi connectivity index (χ4v) is 4.66. The molecule has 0 spiro atoms. The van der Waals surface area contributed by atoms with Gasteiger partial charge < -0.3 is 20.7 Å². The largest absolute Gasteiger partial charge is 0.497 e. The highest BCUT2D eigenvalue weighted by molar-refractivity contribution is 6.14. The lowest BCUT2D eigenvalue weighted by Gasteiger charge is -2.15. The van der Waals surface area contributed by atoms with E-state index in [1.807, 2.05) is 25.2 Å². The molecule has 0 saturated carbocycles. The maximum Gasteiger partial charge on any atom is 0.256 e. The Labute approximate surface area is 213 Å². The number of nitrogen functional groups attached to an aromatic ring is 1. The van der Waals surface area contributed by atoms with Crippen molar-refractivity contribution in [3.63, 3.8) is 0 Å². The predicted molar refractivity (Wildman–Crippen MR) is 141 cm³/mol. The number of benzene rings is 3. The molecule has 37 heavy (non-hydrogen) atoms. The average molecular weight is 493 g/mol. The third-order valence-electron chi connectivity index (χ3n) is 6.49. The number of rotatable bonds is 6. The Morgan fingerprint density at radius 1 is 1.27 bits per heavy atom. The van der Waals surface area contributed by atoms with Gasteiger partial charge in [-0.05, 0) is 47.0 Å². The molecule has 4 aromatic rings. The molecule has 1 aliphatic heterocycles. The molecule has 3 N–H and O–H groups in total. The topological polar surface area (TPSA) is 126 Å². The number of aromatic nitrogens is 2. The van der Waals surface area contributed by atoms with E-state index in [4.69, 9.17) is 15.7 Å². The van der Waals surface area contributed by atoms with Crippen molar-refractivity contribution >= 4 is 34.1 Å². The van der Waals surface area contributed by atoms with Crippen molar-refractivity contribution in [3.8, 4) is 22.9 Å². The number of ether oxygens (including phenoxy) is 1. The molecule has 0 aliphatic carbocycles. The number of hydrogen-bond donors (Lipinski definition) is 2. The summed E-state index contributed by atoms with van der Waals surface area (Å²) in [5.41, 5.74) is 11.3. The van der Waals surface area contributed by atoms with Gasteiger partial charge in [0.15, 0.2) is 0 Å². The second kappa shape index (κ2) is 9.17. The van der Waals surface area contributed by atoms with Crippen LogP contribution in [0.1, 0.15) is 26.3 Å². The van der Waals surface area contributed by atoms with Crippen LogP contribution in [0.3, 0.4) is 0 Å². The first-order chi connectivity index (χ1) is 17.8. The molecule has 9 nitrogen and oxygen atoms in total. The molecule has 2 amide bonds. The Hall–Kier alpha value is -5.10. The minimum Gasteiger partial charge on any atom is -0.497 e. The molecule has 184 valence electrons. The first kappa shape index (κ1) is 23.6. The van der Waals surface area contributed by atoms with Gasteiger partial charge in [0.1, 0.15) is 5.75 Å². The summed E-state index contributed by atoms with van der Waals surface area (Å²) in [4.78, 5) is 28.1. The number of hydrogen-bond acceptors (Lipinski definition) is 6. The van der Waals surface area contributed by atoms with E-state index in [1.54, 1.807) is 59.3 Å². The average Bonchev–Trinajstić information content (AvgIpc) is 3.43. The normalized spacial score (nSPS) is 12.4. The molecule has 0 atom stereocenters. The fourth-order valence-electron chi connectivity index (χ4n) is 4.66. The Morgan fingerprint density at radius 3 is 2.84 bits per heavy atom. The molecule has 2 heterocycles. The van der Waals surface area contributed by atoms with Crippen molar-refractivity contribution in [3.05, 3.63) is 83.6 Å². The van der Waals surface area contributed by atoms with Gasteiger partial charge in [-0.2, -0.15) is 10.4 Å². The molecular weight excluding hydrogens is 468 g/mol. The first-order valence-electron chi connectivity index (χ1n) is 11.5. The van der Waals surface area contributed by atoms with Gasteiger partial charge in [0, 0.05) is 42.0 Å². The number of aryl methyl sites for hydroxylation is 1. The van der Waals surface area contributed by atoms with Gasteiger partial charge in [0.25, 0.3) is 11.8 Å². The van der Waals surface area contributed by atoms with Crippen molar-refractivity contribution in [1.82, 2.24) is 14.7 Å². The summed E-state index contributed by atoms with van der Waals surface area (Å²) in [7, 11) is 3.37. The molecule has 9 heteroatoms. The summed E-state index contributed by atoms with van der Waals surface area (Å²) in [6, 6.07) is 16.4. The van der Waals surface area contributed by atoms with Gasteiger partial charge >= 0.3 is 0 Å². The molecule has 0 radical (unpaired) electrons. The lowest BCUT2D eigenvalue weighted by Crippen LogP contribution is -2.26. The van der Waals surface area contributed by atoms with Crippen LogP contribution in [0.2, 0.25) is 0 Å². The molecular formula is C28H24N6O3. The summed E-state index contributed by atoms with van der Waals surface area (Å²) >= 11 is 0. The Bertz CT molecular complexity index is 1650. The van der Waals surface area contributed by atoms with E-state index in [2.05, 4.69) is 17.0 Å². The van der Waals surface area contributed by atoms with E-state index in [9.17, 15) is 9.59 Å². The number of nitrogens with two attached hydrogens (primary N) is 1. The van der Waals surface area contributed by atoms with Gasteiger partial charge in [0.05, 0.1) is 42.6 Å². The van der Waals surface area contributed by atoms with Crippen LogP contribution in [0.15, 0.2) is 66.9 Å². The fraction of sp³-hybridized carbons (Fsp3) is 0.143. The second-order valence-corrected chi connectivity index (χ2v) is 8.84. The van der Waals surface area contributed by atoms with Gasteiger partial charge in [0.2, 0.25) is 0 Å². The van der Waals surface area contributed by atoms with Gasteiger partial charge in [-0.3, -0.25) is 14.3 Å². The van der Waals surface area contributed by atoms with E-state index in [0.717, 1.165) is 22.2 Å². The zero-order valence-corrected chi connectivity index (χ0v) is 20.4. The van der Waals surface area contributed by atoms with Gasteiger partial charge in [-0.1, -0.05) is 18.7 Å². The van der Waals surface area contributed by atoms with Crippen LogP contribution in [-0.4, -0.2) is 40.1 Å². The van der Waals surface area contributed by atoms with E-state index < -0.39 is 0 Å². The SMILES string of the molecule is C=C(C#N)CN1Cc2c(-c3cc(C(=O)Nc4cccc(OC)c4)c4cnn(C)c4c3)ccc(N)c2C1=O. The first-order valence-corrected chi connectivity index (χ1v) is 11.5. The van der Waals surface area contributed by atoms with Gasteiger partial charge in [-0.15, -0.1) is 0 Å². The molecule has 0 saturated heterocycles. The van der Waals surface area contributed by atoms with Crippen LogP contribution in [0.4, 0.5) is 11.4 Å². The summed E-state index contributed by atoms with van der Waals surface area (Å²) in [5, 5.41) is 17.1. The second-order valence-electron chi connectivity index (χ2n) is 8.84. The number of nitrogens with one attached hydrogen (secondary N) is 1. The van der Waals surface area contributed by atoms with Crippen LogP contribution in [0, 0.1) is 11.3 Å². The Balaban J connectivity index is 1.60. The zero-order chi connectivity index (χ0) is 26.3. The van der Waals surface area contributed by atoms with E-state index in [1.165, 1.54) is 0 Å². The van der Waals surface area contributed by atoms with Crippen molar-refractivity contribution in [2.75, 3.05) is 24.7 Å². The number of carbonyl (C=O) groups is 2. The van der Waals surface area contributed by atoms with Crippen molar-refractivity contribution in [2.24, 2.45) is 7.05 Å². The number of anilines is 2. The highest BCUT2D eigenvalue weighted by Gasteiger charge is 2.32. The van der Waals surface area contributed by atoms with Crippen LogP contribution in [0.5, 0.6) is 5.75 Å². The maximum absolute atomic E-state index is 13.5. The van der Waals surface area contributed by atoms with Crippen LogP contribution < -0.4 is 15.8 Å². The van der Waals surface area contributed by atoms with Crippen LogP contribution >= 0.6 is 0 Å². The zero-order valence-electron chi connectivity index (χ0n) is 20.4. The monoisotopic (exact) mass is 492 g/mol. The highest BCUT2D eigenvalue weighted by atomic mass is 16.5. The molecule has 5 rings (SSSR count). The number of carbonyl (C=O) groups excluding carboxylic acids is 2. The van der Waals surface area contributed by atoms with Crippen molar-refractivity contribution in [2.45, 2.75) is 6.54 Å². The number of methoxy groups -OCH3 is 1. The molecule has 0 fully saturated rings. The minimum atomic E-state index is -0.303. The molecule has 1 aromatic heterocycles. The van der Waals surface area contributed by atoms with Crippen molar-refractivity contribution < 1.29 is 14.3 Å². The Kier molecular flexibility index (Phi) is 5.85. The molecule has 3 aromatic carbocycles. The summed E-state index contributed by atoms with van der Waals surface area (Å²) in [5.74, 6) is 0.0791. The lowest BCUT2D eigenvalue weighted by molar-refractivity contribution is 0.0794. The standard InChI is InChI=1S/C28H24N6O3/c1-16(12-29)14-34-15-23-20(7-8-24(30)26(23)28(34)36)17-9-21(22-13-31-33(2)25(22)10-17)27(35)32-18-5-4-6-19(11-18)37-3/h4-11,13H,1,14-15,30H2,2-3H3,(H,32,35). The quantitative estimate of drug-likeness (QED) is 0.308. The predicted octanol–water partition coefficient (Wildman–Crippen LogP) is 4.12. The third kappa shape index (κ3) is 4.15. The van der Waals surface area contributed by atoms with Crippen LogP contribution in [-0.2, 0) is 13.6 Å². The van der Waals surface area contributed by atoms with Crippen molar-refractivity contribution in [1.29, 1.82) is 5.26 Å². The summed E-state index contributed by atoms with van der Waals surface area (Å²) in [6.07, 6.45) is 1.66. The third-order valence-corrected chi connectivity index (χ3v) is 6.49. The lowest BCUT2D eigenvalue weighted by atomic mass is 9.93. The Morgan fingerprint density at radius 2 is 2.08 bits per heavy atom. The molecule has 0 bridgehead atoms.